The van der Waals surface area contributed by atoms with Gasteiger partial charge < -0.3 is 11.5 Å². The molecule has 0 aromatic heterocycles. The lowest BCUT2D eigenvalue weighted by Crippen LogP contribution is -2.21. The third-order valence-corrected chi connectivity index (χ3v) is 2.12. The Morgan fingerprint density at radius 3 is 2.64 bits per heavy atom. The lowest BCUT2D eigenvalue weighted by molar-refractivity contribution is -0.384. The van der Waals surface area contributed by atoms with E-state index in [0.717, 1.165) is 11.1 Å². The van der Waals surface area contributed by atoms with Crippen molar-refractivity contribution in [3.8, 4) is 0 Å². The highest BCUT2D eigenvalue weighted by molar-refractivity contribution is 5.40. The zero-order valence-electron chi connectivity index (χ0n) is 7.93. The number of hydrogen-bond acceptors (Lipinski definition) is 4. The summed E-state index contributed by atoms with van der Waals surface area (Å²) in [6.07, 6.45) is 0. The average molecular weight is 195 g/mol. The highest BCUT2D eigenvalue weighted by atomic mass is 16.6. The van der Waals surface area contributed by atoms with Crippen molar-refractivity contribution in [3.05, 3.63) is 39.4 Å². The number of nitro groups is 1. The molecule has 0 radical (unpaired) electrons. The van der Waals surface area contributed by atoms with Crippen LogP contribution in [0.4, 0.5) is 5.69 Å². The van der Waals surface area contributed by atoms with Crippen LogP contribution < -0.4 is 11.5 Å². The molecule has 5 nitrogen and oxygen atoms in total. The second-order valence-corrected chi connectivity index (χ2v) is 3.14. The molecule has 1 aromatic rings. The second kappa shape index (κ2) is 4.17. The van der Waals surface area contributed by atoms with Gasteiger partial charge in [0.05, 0.1) is 4.92 Å². The SMILES string of the molecule is Cc1cc([N+](=O)[O-])ccc1[C@@H](N)CN. The van der Waals surface area contributed by atoms with Gasteiger partial charge in [0.1, 0.15) is 0 Å². The quantitative estimate of drug-likeness (QED) is 0.552. The van der Waals surface area contributed by atoms with Crippen LogP contribution in [0.2, 0.25) is 0 Å². The molecule has 4 N–H and O–H groups in total. The van der Waals surface area contributed by atoms with E-state index < -0.39 is 4.92 Å². The average Bonchev–Trinajstić information content (AvgIpc) is 2.16. The van der Waals surface area contributed by atoms with Gasteiger partial charge in [0.2, 0.25) is 0 Å². The molecule has 1 rings (SSSR count). The molecule has 0 saturated heterocycles. The third-order valence-electron chi connectivity index (χ3n) is 2.12. The maximum Gasteiger partial charge on any atom is 0.269 e. The summed E-state index contributed by atoms with van der Waals surface area (Å²) < 4.78 is 0. The number of benzene rings is 1. The Kier molecular flexibility index (Phi) is 3.16. The molecule has 0 amide bonds. The smallest absolute Gasteiger partial charge is 0.269 e. The van der Waals surface area contributed by atoms with Gasteiger partial charge in [-0.2, -0.15) is 0 Å². The van der Waals surface area contributed by atoms with E-state index in [1.807, 2.05) is 0 Å². The van der Waals surface area contributed by atoms with E-state index in [9.17, 15) is 10.1 Å². The number of non-ortho nitro benzene ring substituents is 1. The van der Waals surface area contributed by atoms with Gasteiger partial charge in [-0.1, -0.05) is 6.07 Å². The first-order valence-electron chi connectivity index (χ1n) is 4.27. The Labute approximate surface area is 81.9 Å². The number of nitrogens with zero attached hydrogens (tertiary/aromatic N) is 1. The summed E-state index contributed by atoms with van der Waals surface area (Å²) in [6.45, 7) is 2.12. The van der Waals surface area contributed by atoms with Gasteiger partial charge >= 0.3 is 0 Å². The van der Waals surface area contributed by atoms with E-state index in [4.69, 9.17) is 11.5 Å². The van der Waals surface area contributed by atoms with Crippen LogP contribution in [0.25, 0.3) is 0 Å². The van der Waals surface area contributed by atoms with E-state index in [1.54, 1.807) is 13.0 Å². The number of nitro benzene ring substituents is 1. The van der Waals surface area contributed by atoms with Crippen molar-refractivity contribution >= 4 is 5.69 Å². The van der Waals surface area contributed by atoms with Crippen LogP contribution in [0.15, 0.2) is 18.2 Å². The summed E-state index contributed by atoms with van der Waals surface area (Å²) in [5.41, 5.74) is 12.9. The number of aryl methyl sites for hydroxylation is 1. The predicted molar refractivity (Wildman–Crippen MR) is 53.8 cm³/mol. The lowest BCUT2D eigenvalue weighted by atomic mass is 10.0. The van der Waals surface area contributed by atoms with Gasteiger partial charge in [-0.05, 0) is 18.1 Å². The number of nitrogens with two attached hydrogens (primary N) is 2. The molecule has 5 heteroatoms. The van der Waals surface area contributed by atoms with Crippen molar-refractivity contribution in [2.45, 2.75) is 13.0 Å². The van der Waals surface area contributed by atoms with E-state index in [0.29, 0.717) is 6.54 Å². The Morgan fingerprint density at radius 2 is 2.21 bits per heavy atom. The molecule has 0 spiro atoms. The zero-order valence-corrected chi connectivity index (χ0v) is 7.93. The molecule has 0 fully saturated rings. The maximum atomic E-state index is 10.5. The summed E-state index contributed by atoms with van der Waals surface area (Å²) in [5, 5.41) is 10.5. The molecular weight excluding hydrogens is 182 g/mol. The van der Waals surface area contributed by atoms with Crippen molar-refractivity contribution in [1.29, 1.82) is 0 Å². The molecule has 0 heterocycles. The fourth-order valence-corrected chi connectivity index (χ4v) is 1.32. The minimum Gasteiger partial charge on any atom is -0.329 e. The highest BCUT2D eigenvalue weighted by Gasteiger charge is 2.11. The summed E-state index contributed by atoms with van der Waals surface area (Å²) in [4.78, 5) is 10.0. The molecule has 0 unspecified atom stereocenters. The van der Waals surface area contributed by atoms with E-state index in [-0.39, 0.29) is 11.7 Å². The number of rotatable bonds is 3. The summed E-state index contributed by atoms with van der Waals surface area (Å²) in [7, 11) is 0. The van der Waals surface area contributed by atoms with Crippen LogP contribution >= 0.6 is 0 Å². The molecule has 0 aliphatic carbocycles. The van der Waals surface area contributed by atoms with E-state index in [2.05, 4.69) is 0 Å². The van der Waals surface area contributed by atoms with Gasteiger partial charge in [-0.25, -0.2) is 0 Å². The first kappa shape index (κ1) is 10.6. The molecule has 14 heavy (non-hydrogen) atoms. The Bertz CT molecular complexity index is 352. The van der Waals surface area contributed by atoms with Crippen molar-refractivity contribution in [2.75, 3.05) is 6.54 Å². The Morgan fingerprint density at radius 1 is 1.57 bits per heavy atom. The largest absolute Gasteiger partial charge is 0.329 e. The first-order valence-corrected chi connectivity index (χ1v) is 4.27. The van der Waals surface area contributed by atoms with Crippen LogP contribution in [-0.2, 0) is 0 Å². The topological polar surface area (TPSA) is 95.2 Å². The van der Waals surface area contributed by atoms with Crippen molar-refractivity contribution < 1.29 is 4.92 Å². The van der Waals surface area contributed by atoms with Crippen LogP contribution in [0.5, 0.6) is 0 Å². The van der Waals surface area contributed by atoms with Gasteiger partial charge in [0, 0.05) is 24.7 Å². The Hall–Kier alpha value is -1.46. The zero-order chi connectivity index (χ0) is 10.7. The van der Waals surface area contributed by atoms with Crippen molar-refractivity contribution in [2.24, 2.45) is 11.5 Å². The summed E-state index contributed by atoms with van der Waals surface area (Å²) in [6, 6.07) is 4.35. The van der Waals surface area contributed by atoms with E-state index in [1.165, 1.54) is 12.1 Å². The van der Waals surface area contributed by atoms with Crippen molar-refractivity contribution in [3.63, 3.8) is 0 Å². The van der Waals surface area contributed by atoms with Crippen LogP contribution in [0.1, 0.15) is 17.2 Å². The van der Waals surface area contributed by atoms with Gasteiger partial charge in [-0.3, -0.25) is 10.1 Å². The Balaban J connectivity index is 3.07. The van der Waals surface area contributed by atoms with Gasteiger partial charge in [-0.15, -0.1) is 0 Å². The molecular formula is C9H13N3O2. The third kappa shape index (κ3) is 2.07. The normalized spacial score (nSPS) is 12.5. The van der Waals surface area contributed by atoms with Crippen molar-refractivity contribution in [1.82, 2.24) is 0 Å². The van der Waals surface area contributed by atoms with E-state index >= 15 is 0 Å². The number of hydrogen-bond donors (Lipinski definition) is 2. The summed E-state index contributed by atoms with van der Waals surface area (Å²) in [5.74, 6) is 0. The van der Waals surface area contributed by atoms with Crippen LogP contribution in [-0.4, -0.2) is 11.5 Å². The second-order valence-electron chi connectivity index (χ2n) is 3.14. The highest BCUT2D eigenvalue weighted by Crippen LogP contribution is 2.20. The molecule has 0 aliphatic rings. The fourth-order valence-electron chi connectivity index (χ4n) is 1.32. The lowest BCUT2D eigenvalue weighted by Gasteiger charge is -2.11. The van der Waals surface area contributed by atoms with Gasteiger partial charge in [0.15, 0.2) is 0 Å². The minimum absolute atomic E-state index is 0.0791. The summed E-state index contributed by atoms with van der Waals surface area (Å²) >= 11 is 0. The van der Waals surface area contributed by atoms with Crippen LogP contribution in [0.3, 0.4) is 0 Å². The minimum atomic E-state index is -0.426. The van der Waals surface area contributed by atoms with Gasteiger partial charge in [0.25, 0.3) is 5.69 Å². The maximum absolute atomic E-state index is 10.5. The molecule has 0 bridgehead atoms. The van der Waals surface area contributed by atoms with Crippen LogP contribution in [0, 0.1) is 17.0 Å². The molecule has 76 valence electrons. The molecule has 0 aliphatic heterocycles. The predicted octanol–water partition coefficient (Wildman–Crippen LogP) is 0.862. The molecule has 1 aromatic carbocycles. The first-order chi connectivity index (χ1) is 6.56. The molecule has 1 atom stereocenters. The standard InChI is InChI=1S/C9H13N3O2/c1-6-4-7(12(13)14)2-3-8(6)9(11)5-10/h2-4,9H,5,10-11H2,1H3/t9-/m0/s1. The monoisotopic (exact) mass is 195 g/mol. The molecule has 0 saturated carbocycles. The fraction of sp³-hybridized carbons (Fsp3) is 0.333.